The van der Waals surface area contributed by atoms with E-state index >= 15 is 0 Å². The van der Waals surface area contributed by atoms with Gasteiger partial charge in [-0.1, -0.05) is 0 Å². The maximum Gasteiger partial charge on any atom is 0.199 e. The fourth-order valence-electron chi connectivity index (χ4n) is 2.23. The summed E-state index contributed by atoms with van der Waals surface area (Å²) in [6.45, 7) is 0. The third-order valence-corrected chi connectivity index (χ3v) is 3.09. The lowest BCUT2D eigenvalue weighted by Crippen LogP contribution is -2.17. The van der Waals surface area contributed by atoms with E-state index in [1.165, 1.54) is 0 Å². The van der Waals surface area contributed by atoms with Crippen LogP contribution in [0.25, 0.3) is 11.6 Å². The SMILES string of the molecule is NNc1nc(-c2ncccn2)nc2c1CCCC2. The first-order valence-corrected chi connectivity index (χ1v) is 6.02. The number of nitrogen functional groups attached to an aromatic ring is 1. The number of hydrogen-bond donors (Lipinski definition) is 2. The Hall–Kier alpha value is -2.08. The first kappa shape index (κ1) is 11.0. The maximum absolute atomic E-state index is 5.54. The lowest BCUT2D eigenvalue weighted by molar-refractivity contribution is 0.664. The molecular weight excluding hydrogens is 228 g/mol. The number of aromatic nitrogens is 4. The number of fused-ring (bicyclic) bond motifs is 1. The summed E-state index contributed by atoms with van der Waals surface area (Å²) in [5, 5.41) is 0. The summed E-state index contributed by atoms with van der Waals surface area (Å²) in [6.07, 6.45) is 7.62. The largest absolute Gasteiger partial charge is 0.308 e. The smallest absolute Gasteiger partial charge is 0.199 e. The molecule has 0 spiro atoms. The molecule has 92 valence electrons. The molecule has 0 atom stereocenters. The molecular formula is C12H14N6. The van der Waals surface area contributed by atoms with Crippen molar-refractivity contribution in [1.82, 2.24) is 19.9 Å². The van der Waals surface area contributed by atoms with Crippen LogP contribution in [0.15, 0.2) is 18.5 Å². The van der Waals surface area contributed by atoms with Crippen LogP contribution in [-0.4, -0.2) is 19.9 Å². The molecule has 0 fully saturated rings. The molecule has 0 amide bonds. The molecule has 0 saturated heterocycles. The molecule has 0 radical (unpaired) electrons. The molecule has 3 rings (SSSR count). The van der Waals surface area contributed by atoms with Crippen LogP contribution >= 0.6 is 0 Å². The Kier molecular flexibility index (Phi) is 2.85. The first-order valence-electron chi connectivity index (χ1n) is 6.02. The summed E-state index contributed by atoms with van der Waals surface area (Å²) in [4.78, 5) is 17.3. The summed E-state index contributed by atoms with van der Waals surface area (Å²) in [7, 11) is 0. The highest BCUT2D eigenvalue weighted by molar-refractivity contribution is 5.54. The van der Waals surface area contributed by atoms with Crippen molar-refractivity contribution in [1.29, 1.82) is 0 Å². The summed E-state index contributed by atoms with van der Waals surface area (Å²) in [5.74, 6) is 7.30. The number of nitrogens with zero attached hydrogens (tertiary/aromatic N) is 4. The van der Waals surface area contributed by atoms with Crippen molar-refractivity contribution in [3.63, 3.8) is 0 Å². The van der Waals surface area contributed by atoms with Gasteiger partial charge in [-0.2, -0.15) is 0 Å². The van der Waals surface area contributed by atoms with E-state index < -0.39 is 0 Å². The molecule has 18 heavy (non-hydrogen) atoms. The number of nitrogens with one attached hydrogen (secondary N) is 1. The maximum atomic E-state index is 5.54. The Morgan fingerprint density at radius 2 is 1.78 bits per heavy atom. The Labute approximate surface area is 105 Å². The average Bonchev–Trinajstić information content (AvgIpc) is 2.47. The second-order valence-electron chi connectivity index (χ2n) is 4.24. The summed E-state index contributed by atoms with van der Waals surface area (Å²) < 4.78 is 0. The summed E-state index contributed by atoms with van der Waals surface area (Å²) >= 11 is 0. The minimum Gasteiger partial charge on any atom is -0.308 e. The van der Waals surface area contributed by atoms with Crippen molar-refractivity contribution in [2.75, 3.05) is 5.43 Å². The van der Waals surface area contributed by atoms with Gasteiger partial charge in [0, 0.05) is 23.7 Å². The fraction of sp³-hybridized carbons (Fsp3) is 0.333. The molecule has 0 aromatic carbocycles. The van der Waals surface area contributed by atoms with Gasteiger partial charge in [-0.15, -0.1) is 0 Å². The Morgan fingerprint density at radius 3 is 2.56 bits per heavy atom. The molecule has 0 bridgehead atoms. The van der Waals surface area contributed by atoms with E-state index in [1.54, 1.807) is 18.5 Å². The molecule has 6 nitrogen and oxygen atoms in total. The molecule has 0 aliphatic heterocycles. The van der Waals surface area contributed by atoms with Gasteiger partial charge in [-0.05, 0) is 31.7 Å². The number of anilines is 1. The van der Waals surface area contributed by atoms with Crippen LogP contribution in [-0.2, 0) is 12.8 Å². The Balaban J connectivity index is 2.12. The van der Waals surface area contributed by atoms with Crippen LogP contribution in [0.3, 0.4) is 0 Å². The number of hydrogen-bond acceptors (Lipinski definition) is 6. The van der Waals surface area contributed by atoms with Crippen molar-refractivity contribution >= 4 is 5.82 Å². The number of hydrazine groups is 1. The van der Waals surface area contributed by atoms with Crippen molar-refractivity contribution in [3.8, 4) is 11.6 Å². The first-order chi connectivity index (χ1) is 8.88. The second kappa shape index (κ2) is 4.66. The van der Waals surface area contributed by atoms with Crippen molar-refractivity contribution in [2.24, 2.45) is 5.84 Å². The van der Waals surface area contributed by atoms with Crippen LogP contribution in [0.1, 0.15) is 24.1 Å². The molecule has 1 aliphatic carbocycles. The van der Waals surface area contributed by atoms with Crippen LogP contribution in [0, 0.1) is 0 Å². The van der Waals surface area contributed by atoms with Crippen LogP contribution < -0.4 is 11.3 Å². The number of rotatable bonds is 2. The van der Waals surface area contributed by atoms with Crippen LogP contribution in [0.2, 0.25) is 0 Å². The molecule has 0 unspecified atom stereocenters. The minimum atomic E-state index is 0.530. The molecule has 2 aromatic rings. The Bertz CT molecular complexity index is 537. The predicted octanol–water partition coefficient (Wildman–Crippen LogP) is 1.10. The van der Waals surface area contributed by atoms with Crippen molar-refractivity contribution in [2.45, 2.75) is 25.7 Å². The van der Waals surface area contributed by atoms with Gasteiger partial charge < -0.3 is 5.43 Å². The van der Waals surface area contributed by atoms with E-state index in [2.05, 4.69) is 25.4 Å². The standard InChI is InChI=1S/C12H14N6/c13-18-10-8-4-1-2-5-9(8)16-12(17-10)11-14-6-3-7-15-11/h3,6-7H,1-2,4-5,13H2,(H,16,17,18). The molecule has 1 aliphatic rings. The third-order valence-electron chi connectivity index (χ3n) is 3.09. The van der Waals surface area contributed by atoms with Gasteiger partial charge in [0.1, 0.15) is 5.82 Å². The van der Waals surface area contributed by atoms with Gasteiger partial charge in [0.05, 0.1) is 0 Å². The number of nitrogens with two attached hydrogens (primary N) is 1. The van der Waals surface area contributed by atoms with Crippen molar-refractivity contribution < 1.29 is 0 Å². The van der Waals surface area contributed by atoms with Crippen LogP contribution in [0.5, 0.6) is 0 Å². The van der Waals surface area contributed by atoms with Gasteiger partial charge >= 0.3 is 0 Å². The summed E-state index contributed by atoms with van der Waals surface area (Å²) in [6, 6.07) is 1.77. The minimum absolute atomic E-state index is 0.530. The van der Waals surface area contributed by atoms with E-state index in [1.807, 2.05) is 0 Å². The number of aryl methyl sites for hydroxylation is 1. The fourth-order valence-corrected chi connectivity index (χ4v) is 2.23. The predicted molar refractivity (Wildman–Crippen MR) is 67.5 cm³/mol. The average molecular weight is 242 g/mol. The molecule has 2 heterocycles. The topological polar surface area (TPSA) is 89.6 Å². The van der Waals surface area contributed by atoms with Gasteiger partial charge in [0.2, 0.25) is 0 Å². The lowest BCUT2D eigenvalue weighted by atomic mass is 9.96. The van der Waals surface area contributed by atoms with Gasteiger partial charge in [-0.3, -0.25) is 0 Å². The molecule has 0 saturated carbocycles. The third kappa shape index (κ3) is 1.91. The lowest BCUT2D eigenvalue weighted by Gasteiger charge is -2.18. The van der Waals surface area contributed by atoms with E-state index in [0.29, 0.717) is 17.5 Å². The Morgan fingerprint density at radius 1 is 1.00 bits per heavy atom. The van der Waals surface area contributed by atoms with E-state index in [0.717, 1.165) is 36.9 Å². The summed E-state index contributed by atoms with van der Waals surface area (Å²) in [5.41, 5.74) is 4.85. The zero-order valence-corrected chi connectivity index (χ0v) is 9.93. The highest BCUT2D eigenvalue weighted by Crippen LogP contribution is 2.26. The normalized spacial score (nSPS) is 14.1. The second-order valence-corrected chi connectivity index (χ2v) is 4.24. The van der Waals surface area contributed by atoms with Gasteiger partial charge in [-0.25, -0.2) is 25.8 Å². The molecule has 2 aromatic heterocycles. The highest BCUT2D eigenvalue weighted by atomic mass is 15.3. The van der Waals surface area contributed by atoms with Gasteiger partial charge in [0.15, 0.2) is 11.6 Å². The zero-order chi connectivity index (χ0) is 12.4. The van der Waals surface area contributed by atoms with Crippen molar-refractivity contribution in [3.05, 3.63) is 29.7 Å². The zero-order valence-electron chi connectivity index (χ0n) is 9.93. The monoisotopic (exact) mass is 242 g/mol. The highest BCUT2D eigenvalue weighted by Gasteiger charge is 2.18. The van der Waals surface area contributed by atoms with E-state index in [-0.39, 0.29) is 0 Å². The molecule has 3 N–H and O–H groups in total. The van der Waals surface area contributed by atoms with E-state index in [4.69, 9.17) is 5.84 Å². The van der Waals surface area contributed by atoms with Gasteiger partial charge in [0.25, 0.3) is 0 Å². The quantitative estimate of drug-likeness (QED) is 0.605. The van der Waals surface area contributed by atoms with Crippen LogP contribution in [0.4, 0.5) is 5.82 Å². The van der Waals surface area contributed by atoms with E-state index in [9.17, 15) is 0 Å². The molecule has 6 heteroatoms.